The zero-order chi connectivity index (χ0) is 19.1. The van der Waals surface area contributed by atoms with Gasteiger partial charge in [0.25, 0.3) is 6.43 Å². The highest BCUT2D eigenvalue weighted by Gasteiger charge is 2.31. The van der Waals surface area contributed by atoms with Gasteiger partial charge in [-0.25, -0.2) is 18.3 Å². The van der Waals surface area contributed by atoms with Gasteiger partial charge in [0.15, 0.2) is 0 Å². The van der Waals surface area contributed by atoms with E-state index in [1.54, 1.807) is 0 Å². The molecule has 1 aliphatic heterocycles. The third kappa shape index (κ3) is 3.85. The van der Waals surface area contributed by atoms with E-state index >= 15 is 0 Å². The molecule has 0 atom stereocenters. The lowest BCUT2D eigenvalue weighted by Crippen LogP contribution is -2.27. The van der Waals surface area contributed by atoms with E-state index in [4.69, 9.17) is 5.11 Å². The Kier molecular flexibility index (Phi) is 4.97. The minimum Gasteiger partial charge on any atom is -0.389 e. The van der Waals surface area contributed by atoms with Crippen molar-refractivity contribution in [3.8, 4) is 0 Å². The van der Waals surface area contributed by atoms with Crippen LogP contribution in [0, 0.1) is 0 Å². The number of alkyl halides is 5. The van der Waals surface area contributed by atoms with E-state index in [-0.39, 0.29) is 41.8 Å². The van der Waals surface area contributed by atoms with Gasteiger partial charge < -0.3 is 10.0 Å². The number of hydrogen-bond acceptors (Lipinski definition) is 5. The zero-order valence-corrected chi connectivity index (χ0v) is 13.9. The van der Waals surface area contributed by atoms with Crippen molar-refractivity contribution in [2.45, 2.75) is 38.6 Å². The summed E-state index contributed by atoms with van der Waals surface area (Å²) in [6.45, 7) is -0.717. The minimum absolute atomic E-state index is 0.0234. The fraction of sp³-hybridized carbons (Fsp3) is 0.500. The SMILES string of the molecule is O=C1C=C(CCC(F)(F)F)CN1Cc1c(C(F)F)nc2sc(CO)nn12. The number of hydrogen-bond donors (Lipinski definition) is 1. The van der Waals surface area contributed by atoms with E-state index in [2.05, 4.69) is 10.1 Å². The smallest absolute Gasteiger partial charge is 0.389 e. The predicted molar refractivity (Wildman–Crippen MR) is 80.5 cm³/mol. The highest BCUT2D eigenvalue weighted by molar-refractivity contribution is 7.16. The van der Waals surface area contributed by atoms with Gasteiger partial charge in [0.1, 0.15) is 10.7 Å². The number of aromatic nitrogens is 3. The largest absolute Gasteiger partial charge is 0.389 e. The molecule has 142 valence electrons. The predicted octanol–water partition coefficient (Wildman–Crippen LogP) is 2.83. The number of carbonyl (C=O) groups excluding carboxylic acids is 1. The summed E-state index contributed by atoms with van der Waals surface area (Å²) >= 11 is 0.936. The molecular formula is C14H13F5N4O2S. The monoisotopic (exact) mass is 396 g/mol. The molecule has 1 N–H and O–H groups in total. The summed E-state index contributed by atoms with van der Waals surface area (Å²) in [6.07, 6.45) is -7.50. The van der Waals surface area contributed by atoms with E-state index < -0.39 is 30.6 Å². The van der Waals surface area contributed by atoms with Gasteiger partial charge in [0, 0.05) is 19.0 Å². The summed E-state index contributed by atoms with van der Waals surface area (Å²) in [6, 6.07) is 0. The van der Waals surface area contributed by atoms with Gasteiger partial charge in [-0.05, 0) is 12.0 Å². The molecule has 1 amide bonds. The molecule has 0 saturated carbocycles. The maximum Gasteiger partial charge on any atom is 0.389 e. The molecule has 2 aromatic rings. The number of carbonyl (C=O) groups is 1. The summed E-state index contributed by atoms with van der Waals surface area (Å²) in [5.74, 6) is -0.546. The molecule has 0 unspecified atom stereocenters. The molecular weight excluding hydrogens is 383 g/mol. The third-order valence-electron chi connectivity index (χ3n) is 3.81. The number of imidazole rings is 1. The van der Waals surface area contributed by atoms with Crippen molar-refractivity contribution >= 4 is 22.2 Å². The fourth-order valence-electron chi connectivity index (χ4n) is 2.63. The van der Waals surface area contributed by atoms with Crippen LogP contribution in [0.25, 0.3) is 4.96 Å². The highest BCUT2D eigenvalue weighted by Crippen LogP contribution is 2.30. The van der Waals surface area contributed by atoms with Crippen LogP contribution in [0.15, 0.2) is 11.6 Å². The molecule has 12 heteroatoms. The Hall–Kier alpha value is -2.08. The molecule has 0 spiro atoms. The molecule has 0 radical (unpaired) electrons. The lowest BCUT2D eigenvalue weighted by atomic mass is 10.1. The van der Waals surface area contributed by atoms with Gasteiger partial charge in [-0.1, -0.05) is 11.3 Å². The average Bonchev–Trinajstić information content (AvgIpc) is 3.19. The van der Waals surface area contributed by atoms with Crippen molar-refractivity contribution in [2.24, 2.45) is 0 Å². The first-order chi connectivity index (χ1) is 12.2. The van der Waals surface area contributed by atoms with Crippen LogP contribution in [0.2, 0.25) is 0 Å². The molecule has 0 saturated heterocycles. The van der Waals surface area contributed by atoms with E-state index in [1.165, 1.54) is 4.90 Å². The van der Waals surface area contributed by atoms with Crippen molar-refractivity contribution in [3.05, 3.63) is 28.0 Å². The number of aliphatic hydroxyl groups excluding tert-OH is 1. The molecule has 3 rings (SSSR count). The minimum atomic E-state index is -4.33. The van der Waals surface area contributed by atoms with E-state index in [0.717, 1.165) is 21.9 Å². The highest BCUT2D eigenvalue weighted by atomic mass is 32.1. The number of nitrogens with zero attached hydrogens (tertiary/aromatic N) is 4. The summed E-state index contributed by atoms with van der Waals surface area (Å²) in [4.78, 5) is 17.1. The van der Waals surface area contributed by atoms with Gasteiger partial charge in [-0.3, -0.25) is 4.79 Å². The zero-order valence-electron chi connectivity index (χ0n) is 13.1. The molecule has 0 aromatic carbocycles. The first-order valence-electron chi connectivity index (χ1n) is 7.49. The van der Waals surface area contributed by atoms with E-state index in [1.807, 2.05) is 0 Å². The van der Waals surface area contributed by atoms with Gasteiger partial charge in [-0.2, -0.15) is 18.3 Å². The molecule has 0 bridgehead atoms. The molecule has 0 fully saturated rings. The lowest BCUT2D eigenvalue weighted by Gasteiger charge is -2.17. The van der Waals surface area contributed by atoms with Crippen LogP contribution in [0.3, 0.4) is 0 Å². The first-order valence-corrected chi connectivity index (χ1v) is 8.31. The number of amides is 1. The summed E-state index contributed by atoms with van der Waals surface area (Å²) in [7, 11) is 0. The van der Waals surface area contributed by atoms with E-state index in [9.17, 15) is 26.7 Å². The average molecular weight is 396 g/mol. The fourth-order valence-corrected chi connectivity index (χ4v) is 3.41. The Morgan fingerprint density at radius 2 is 2.08 bits per heavy atom. The van der Waals surface area contributed by atoms with Crippen LogP contribution >= 0.6 is 11.3 Å². The Morgan fingerprint density at radius 1 is 1.35 bits per heavy atom. The normalized spacial score (nSPS) is 15.6. The lowest BCUT2D eigenvalue weighted by molar-refractivity contribution is -0.134. The van der Waals surface area contributed by atoms with Crippen LogP contribution in [0.1, 0.15) is 35.7 Å². The van der Waals surface area contributed by atoms with Crippen LogP contribution < -0.4 is 0 Å². The van der Waals surface area contributed by atoms with Crippen LogP contribution in [-0.2, 0) is 17.9 Å². The topological polar surface area (TPSA) is 70.7 Å². The van der Waals surface area contributed by atoms with E-state index in [0.29, 0.717) is 5.57 Å². The van der Waals surface area contributed by atoms with Crippen LogP contribution in [0.4, 0.5) is 22.0 Å². The summed E-state index contributed by atoms with van der Waals surface area (Å²) in [5.41, 5.74) is -0.268. The second-order valence-corrected chi connectivity index (χ2v) is 6.75. The molecule has 2 aromatic heterocycles. The van der Waals surface area contributed by atoms with Crippen LogP contribution in [0.5, 0.6) is 0 Å². The Balaban J connectivity index is 1.79. The Labute approximate surface area is 147 Å². The third-order valence-corrected chi connectivity index (χ3v) is 4.71. The molecule has 6 nitrogen and oxygen atoms in total. The Morgan fingerprint density at radius 3 is 2.69 bits per heavy atom. The molecule has 26 heavy (non-hydrogen) atoms. The van der Waals surface area contributed by atoms with Crippen molar-refractivity contribution in [3.63, 3.8) is 0 Å². The number of halogens is 5. The second kappa shape index (κ2) is 6.91. The molecule has 0 aliphatic carbocycles. The summed E-state index contributed by atoms with van der Waals surface area (Å²) < 4.78 is 64.5. The number of aliphatic hydroxyl groups is 1. The number of rotatable bonds is 6. The molecule has 3 heterocycles. The second-order valence-electron chi connectivity index (χ2n) is 5.70. The van der Waals surface area contributed by atoms with Gasteiger partial charge in [0.05, 0.1) is 18.8 Å². The first kappa shape index (κ1) is 18.7. The Bertz CT molecular complexity index is 857. The van der Waals surface area contributed by atoms with Crippen molar-refractivity contribution in [1.29, 1.82) is 0 Å². The van der Waals surface area contributed by atoms with Crippen LogP contribution in [-0.4, -0.2) is 43.2 Å². The van der Waals surface area contributed by atoms with Gasteiger partial charge in [-0.15, -0.1) is 0 Å². The number of fused-ring (bicyclic) bond motifs is 1. The maximum absolute atomic E-state index is 13.2. The van der Waals surface area contributed by atoms with Gasteiger partial charge >= 0.3 is 6.18 Å². The van der Waals surface area contributed by atoms with Gasteiger partial charge in [0.2, 0.25) is 10.9 Å². The van der Waals surface area contributed by atoms with Crippen molar-refractivity contribution in [1.82, 2.24) is 19.5 Å². The standard InChI is InChI=1S/C14H13F5N4O2S/c15-12(16)11-8(23-13(20-11)26-9(6-24)21-23)5-22-4-7(3-10(22)25)1-2-14(17,18)19/h3,12,24H,1-2,4-6H2. The van der Waals surface area contributed by atoms with Crippen molar-refractivity contribution < 1.29 is 31.9 Å². The summed E-state index contributed by atoms with van der Waals surface area (Å²) in [5, 5.41) is 13.4. The van der Waals surface area contributed by atoms with Crippen molar-refractivity contribution in [2.75, 3.05) is 6.54 Å². The maximum atomic E-state index is 13.2. The molecule has 1 aliphatic rings. The quantitative estimate of drug-likeness (QED) is 0.763.